The first-order valence-corrected chi connectivity index (χ1v) is 41.0. The Balaban J connectivity index is 1.17. The average molecular weight is 1730 g/mol. The van der Waals surface area contributed by atoms with E-state index in [2.05, 4.69) is 64.1 Å². The van der Waals surface area contributed by atoms with E-state index < -0.39 is 199 Å². The molecule has 7 aromatic rings. The van der Waals surface area contributed by atoms with Crippen LogP contribution in [0.15, 0.2) is 147 Å². The third-order valence-corrected chi connectivity index (χ3v) is 21.4. The lowest BCUT2D eigenvalue weighted by atomic mass is 9.81. The Morgan fingerprint density at radius 2 is 1.16 bits per heavy atom. The Labute approximate surface area is 723 Å². The highest BCUT2D eigenvalue weighted by molar-refractivity contribution is 6.01. The van der Waals surface area contributed by atoms with Crippen molar-refractivity contribution in [2.45, 2.75) is 192 Å². The van der Waals surface area contributed by atoms with Crippen molar-refractivity contribution in [1.82, 2.24) is 76.9 Å². The number of H-pyrrole nitrogens is 1. The number of hydrogen-bond acceptors (Lipinski definition) is 22. The molecule has 0 aliphatic heterocycles. The van der Waals surface area contributed by atoms with Gasteiger partial charge in [0.2, 0.25) is 65.0 Å². The highest BCUT2D eigenvalue weighted by Gasteiger charge is 2.42. The van der Waals surface area contributed by atoms with Gasteiger partial charge in [0.15, 0.2) is 17.3 Å². The summed E-state index contributed by atoms with van der Waals surface area (Å²) in [6.45, 7) is 11.5. The number of aliphatic hydroxyl groups is 2. The Morgan fingerprint density at radius 3 is 1.75 bits per heavy atom. The van der Waals surface area contributed by atoms with E-state index in [0.717, 1.165) is 26.8 Å². The van der Waals surface area contributed by atoms with Gasteiger partial charge in [0, 0.05) is 108 Å². The summed E-state index contributed by atoms with van der Waals surface area (Å²) in [6, 6.07) is 14.0. The number of pyridine rings is 1. The number of aliphatic hydroxyl groups excluding tert-OH is 2. The van der Waals surface area contributed by atoms with Gasteiger partial charge in [0.1, 0.15) is 71.0 Å². The maximum absolute atomic E-state index is 15.6. The van der Waals surface area contributed by atoms with E-state index in [9.17, 15) is 72.8 Å². The fraction of sp³-hybridized carbons (Fsp3) is 0.438. The number of benzene rings is 4. The van der Waals surface area contributed by atoms with Gasteiger partial charge in [0.25, 0.3) is 0 Å². The topological polar surface area (TPSA) is 516 Å². The fourth-order valence-electron chi connectivity index (χ4n) is 14.1. The summed E-state index contributed by atoms with van der Waals surface area (Å²) in [4.78, 5) is 223. The molecule has 125 heavy (non-hydrogen) atoms. The van der Waals surface area contributed by atoms with Crippen LogP contribution in [0.2, 0.25) is 0 Å². The van der Waals surface area contributed by atoms with Crippen LogP contribution in [0.25, 0.3) is 11.0 Å². The normalized spacial score (nSPS) is 14.2. The summed E-state index contributed by atoms with van der Waals surface area (Å²) in [6.07, 6.45) is 4.90. The number of aromatic hydroxyl groups is 2. The van der Waals surface area contributed by atoms with E-state index in [1.165, 1.54) is 126 Å². The number of aromatic nitrogens is 5. The van der Waals surface area contributed by atoms with Crippen molar-refractivity contribution in [2.75, 3.05) is 40.9 Å². The molecule has 0 aliphatic carbocycles. The number of nitrogens with zero attached hydrogens (tertiary/aromatic N) is 7. The number of ketones is 4. The number of aryl methyl sites for hydroxylation is 1. The first-order valence-electron chi connectivity index (χ1n) is 41.0. The second-order valence-electron chi connectivity index (χ2n) is 32.3. The number of phenolic OH excluding ortho intramolecular Hbond substituents is 2. The Morgan fingerprint density at radius 1 is 0.608 bits per heavy atom. The van der Waals surface area contributed by atoms with Gasteiger partial charge in [-0.15, -0.1) is 5.10 Å². The number of nitrogens with two attached hydrogens (primary N) is 1. The van der Waals surface area contributed by atoms with Gasteiger partial charge < -0.3 is 87.9 Å². The molecule has 0 saturated carbocycles. The summed E-state index contributed by atoms with van der Waals surface area (Å²) in [5.74, 6) is -16.1. The molecule has 11 amide bonds. The molecule has 0 bridgehead atoms. The van der Waals surface area contributed by atoms with Crippen molar-refractivity contribution >= 4 is 99.1 Å². The van der Waals surface area contributed by atoms with Crippen molar-refractivity contribution in [3.05, 3.63) is 186 Å². The molecule has 12 atom stereocenters. The fourth-order valence-corrected chi connectivity index (χ4v) is 14.1. The molecule has 0 spiro atoms. The number of nitrogens with one attached hydrogen (secondary N) is 8. The monoisotopic (exact) mass is 1730 g/mol. The number of hydrogen-bond donors (Lipinski definition) is 13. The van der Waals surface area contributed by atoms with E-state index in [1.807, 2.05) is 6.92 Å². The zero-order valence-electron chi connectivity index (χ0n) is 71.7. The minimum absolute atomic E-state index is 0.106. The molecular formula is C89H113FN16O19. The number of aromatic amines is 1. The van der Waals surface area contributed by atoms with Crippen LogP contribution in [0.4, 0.5) is 4.39 Å². The predicted octanol–water partition coefficient (Wildman–Crippen LogP) is 2.53. The van der Waals surface area contributed by atoms with E-state index in [1.54, 1.807) is 69.4 Å². The SMILES string of the molecule is C=CC(=O)CCCc1cn(C[C@H](NC(=O)[C@H](C)CC(=O)[C@@H](NC(=O)[C@H](Cc2ccc(O)cc2)NC(=O)[C@H](CO)NC(=O)[C@H](CCC)CC(C)=O)C(C)(C)C)C(=O)N(C)[C@@H](C)C(=O)C[C@H](C(=O)N[C@@H](Cc2c[nH]c3ncccc23)C(=O)N[C@@H](Cc2ccc(O)cc2)C(=O)N(C)[C@@H](Cc2ccc(F)cc2)C(=O)N(C)CC(=O)N[C@@H](CO)C(N)=O)c2ccccc2)nn1. The summed E-state index contributed by atoms with van der Waals surface area (Å²) in [5, 5.41) is 67.9. The number of phenols is 2. The second kappa shape index (κ2) is 46.8. The number of carbonyl (C=O) groups excluding carboxylic acids is 15. The van der Waals surface area contributed by atoms with Crippen LogP contribution in [-0.4, -0.2) is 243 Å². The van der Waals surface area contributed by atoms with Crippen molar-refractivity contribution in [1.29, 1.82) is 0 Å². The van der Waals surface area contributed by atoms with Crippen LogP contribution in [0, 0.1) is 23.1 Å². The van der Waals surface area contributed by atoms with E-state index in [-0.39, 0.29) is 73.6 Å². The molecule has 14 N–H and O–H groups in total. The van der Waals surface area contributed by atoms with Crippen LogP contribution < -0.4 is 43.0 Å². The second-order valence-corrected chi connectivity index (χ2v) is 32.3. The van der Waals surface area contributed by atoms with Gasteiger partial charge in [-0.05, 0) is 121 Å². The standard InChI is InChI=1S/C89H113FN16O19/c1-12-19-58(39-52(4)109)81(118)99-72(50-108)85(122)96-67(40-54-27-33-63(111)34-28-54)84(121)100-77(89(6,7)8)75(114)38-51(3)80(117)98-70(47-106-46-61(101-102-106)22-17-23-62(110)13-2)87(124)104(10)53(5)74(113)44-66(57-20-15-14-16-21-57)82(119)95-68(43-59-45-93-79-65(59)24-18-37-92-79)83(120)97-69(41-55-29-35-64(112)36-30-55)86(123)105(11)73(42-56-25-31-60(90)32-26-56)88(125)103(9)48-76(115)94-71(49-107)78(91)116/h13-16,18,20-21,24-37,45-46,51,53,58,66-73,77,107-108,111-112H,2,12,17,19,22-23,38-44,47-50H2,1,3-11H3,(H2,91,116)(H,92,93)(H,94,115)(H,95,119)(H,96,122)(H,97,120)(H,98,117)(H,99,118)(H,100,121)/t51-,53+,58-,66+,67+,68+,69+,70+,71+,72+,73+,77-/m1/s1. The Hall–Kier alpha value is -13.3. The molecule has 36 heteroatoms. The average Bonchev–Trinajstić information content (AvgIpc) is 1.50. The molecule has 670 valence electrons. The first-order chi connectivity index (χ1) is 59.2. The lowest BCUT2D eigenvalue weighted by Gasteiger charge is -2.34. The van der Waals surface area contributed by atoms with E-state index >= 15 is 24.0 Å². The molecule has 35 nitrogen and oxygen atoms in total. The molecular weight excluding hydrogens is 1620 g/mol. The van der Waals surface area contributed by atoms with Crippen molar-refractivity contribution in [3.8, 4) is 11.5 Å². The first kappa shape index (κ1) is 98.9. The van der Waals surface area contributed by atoms with Crippen molar-refractivity contribution in [2.24, 2.45) is 23.0 Å². The van der Waals surface area contributed by atoms with Crippen LogP contribution in [0.3, 0.4) is 0 Å². The third-order valence-electron chi connectivity index (χ3n) is 21.4. The number of rotatable bonds is 49. The van der Waals surface area contributed by atoms with Gasteiger partial charge in [-0.1, -0.05) is 120 Å². The van der Waals surface area contributed by atoms with Gasteiger partial charge >= 0.3 is 0 Å². The van der Waals surface area contributed by atoms with E-state index in [0.29, 0.717) is 58.2 Å². The molecule has 4 aromatic carbocycles. The van der Waals surface area contributed by atoms with Gasteiger partial charge in [-0.3, -0.25) is 67.1 Å². The minimum Gasteiger partial charge on any atom is -0.508 e. The summed E-state index contributed by atoms with van der Waals surface area (Å²) < 4.78 is 15.6. The van der Waals surface area contributed by atoms with Crippen molar-refractivity contribution < 1.29 is 96.7 Å². The highest BCUT2D eigenvalue weighted by atomic mass is 19.1. The number of halogens is 1. The highest BCUT2D eigenvalue weighted by Crippen LogP contribution is 2.28. The summed E-state index contributed by atoms with van der Waals surface area (Å²) in [7, 11) is 3.79. The number of carbonyl (C=O) groups is 15. The largest absolute Gasteiger partial charge is 0.508 e. The molecule has 0 saturated heterocycles. The van der Waals surface area contributed by atoms with E-state index in [4.69, 9.17) is 5.73 Å². The predicted molar refractivity (Wildman–Crippen MR) is 456 cm³/mol. The number of allylic oxidation sites excluding steroid dienone is 1. The molecule has 0 unspecified atom stereocenters. The number of primary amides is 1. The third kappa shape index (κ3) is 29.5. The molecule has 0 radical (unpaired) electrons. The Bertz CT molecular complexity index is 4960. The molecule has 3 heterocycles. The van der Waals surface area contributed by atoms with Crippen LogP contribution >= 0.6 is 0 Å². The summed E-state index contributed by atoms with van der Waals surface area (Å²) in [5.41, 5.74) is 6.94. The zero-order valence-corrected chi connectivity index (χ0v) is 71.7. The van der Waals surface area contributed by atoms with Crippen molar-refractivity contribution in [3.63, 3.8) is 0 Å². The maximum Gasteiger partial charge on any atom is 0.247 e. The van der Waals surface area contributed by atoms with Crippen LogP contribution in [0.5, 0.6) is 11.5 Å². The van der Waals surface area contributed by atoms with Gasteiger partial charge in [-0.2, -0.15) is 0 Å². The lowest BCUT2D eigenvalue weighted by Crippen LogP contribution is -2.59. The molecule has 0 aliphatic rings. The van der Waals surface area contributed by atoms with Gasteiger partial charge in [0.05, 0.1) is 50.0 Å². The lowest BCUT2D eigenvalue weighted by molar-refractivity contribution is -0.147. The number of likely N-dealkylation sites (N-methyl/N-ethyl adjacent to an activating group) is 3. The molecule has 0 fully saturated rings. The maximum atomic E-state index is 15.6. The Kier molecular flexibility index (Phi) is 37.0. The van der Waals surface area contributed by atoms with Crippen LogP contribution in [0.1, 0.15) is 133 Å². The quantitative estimate of drug-likeness (QED) is 0.0244. The molecule has 7 rings (SSSR count). The number of amides is 11. The number of Topliss-reactive ketones (excluding diaryl/α,β-unsaturated/α-hetero) is 3. The van der Waals surface area contributed by atoms with Gasteiger partial charge in [-0.25, -0.2) is 14.1 Å². The van der Waals surface area contributed by atoms with Crippen LogP contribution in [-0.2, 0) is 111 Å². The zero-order chi connectivity index (χ0) is 92.1. The minimum atomic E-state index is -1.62. The molecule has 3 aromatic heterocycles. The smallest absolute Gasteiger partial charge is 0.247 e. The number of fused-ring (bicyclic) bond motifs is 1. The summed E-state index contributed by atoms with van der Waals surface area (Å²) >= 11 is 0.